The molecule has 0 aromatic carbocycles. The zero-order valence-electron chi connectivity index (χ0n) is 8.14. The summed E-state index contributed by atoms with van der Waals surface area (Å²) in [5, 5.41) is 9.17. The molecule has 0 bridgehead atoms. The van der Waals surface area contributed by atoms with E-state index >= 15 is 0 Å². The number of ether oxygens (including phenoxy) is 1. The van der Waals surface area contributed by atoms with E-state index in [1.165, 1.54) is 6.07 Å². The second kappa shape index (κ2) is 4.72. The first kappa shape index (κ1) is 10.6. The monoisotopic (exact) mass is 228 g/mol. The van der Waals surface area contributed by atoms with Crippen LogP contribution in [-0.2, 0) is 10.5 Å². The number of rotatable bonds is 4. The molecule has 1 unspecified atom stereocenters. The first-order valence-corrected chi connectivity index (χ1v) is 5.82. The summed E-state index contributed by atoms with van der Waals surface area (Å²) < 4.78 is 10.4. The van der Waals surface area contributed by atoms with Crippen molar-refractivity contribution >= 4 is 17.7 Å². The lowest BCUT2D eigenvalue weighted by atomic mass is 10.4. The van der Waals surface area contributed by atoms with Crippen molar-refractivity contribution in [3.05, 3.63) is 23.7 Å². The minimum atomic E-state index is -1.02. The lowest BCUT2D eigenvalue weighted by Gasteiger charge is -2.04. The highest BCUT2D eigenvalue weighted by molar-refractivity contribution is 7.99. The van der Waals surface area contributed by atoms with Gasteiger partial charge in [0.25, 0.3) is 0 Å². The molecule has 0 amide bonds. The van der Waals surface area contributed by atoms with Crippen LogP contribution in [0.2, 0.25) is 0 Å². The van der Waals surface area contributed by atoms with Crippen LogP contribution in [0, 0.1) is 0 Å². The van der Waals surface area contributed by atoms with Gasteiger partial charge in [-0.1, -0.05) is 0 Å². The number of hydrogen-bond donors (Lipinski definition) is 1. The summed E-state index contributed by atoms with van der Waals surface area (Å²) in [4.78, 5) is 10.6. The van der Waals surface area contributed by atoms with Crippen LogP contribution in [0.1, 0.15) is 22.7 Å². The number of furan rings is 1. The summed E-state index contributed by atoms with van der Waals surface area (Å²) in [5.41, 5.74) is 0. The quantitative estimate of drug-likeness (QED) is 0.854. The molecular formula is C10H12O4S. The maximum Gasteiger partial charge on any atom is 0.371 e. The molecule has 5 heteroatoms. The Morgan fingerprint density at radius 3 is 3.07 bits per heavy atom. The average Bonchev–Trinajstić information content (AvgIpc) is 2.86. The van der Waals surface area contributed by atoms with Gasteiger partial charge < -0.3 is 14.3 Å². The van der Waals surface area contributed by atoms with Crippen molar-refractivity contribution in [2.45, 2.75) is 17.4 Å². The van der Waals surface area contributed by atoms with E-state index in [-0.39, 0.29) is 5.76 Å². The van der Waals surface area contributed by atoms with Crippen LogP contribution >= 0.6 is 11.8 Å². The van der Waals surface area contributed by atoms with Gasteiger partial charge in [-0.25, -0.2) is 4.79 Å². The molecule has 4 nitrogen and oxygen atoms in total. The smallest absolute Gasteiger partial charge is 0.371 e. The van der Waals surface area contributed by atoms with Crippen molar-refractivity contribution in [2.75, 3.05) is 13.2 Å². The van der Waals surface area contributed by atoms with Gasteiger partial charge in [0.05, 0.1) is 12.4 Å². The molecule has 0 radical (unpaired) electrons. The zero-order chi connectivity index (χ0) is 10.7. The highest BCUT2D eigenvalue weighted by Crippen LogP contribution is 2.25. The van der Waals surface area contributed by atoms with E-state index in [1.54, 1.807) is 17.8 Å². The van der Waals surface area contributed by atoms with Crippen LogP contribution in [0.15, 0.2) is 16.5 Å². The van der Waals surface area contributed by atoms with Gasteiger partial charge in [0.2, 0.25) is 5.76 Å². The van der Waals surface area contributed by atoms with Crippen LogP contribution in [0.5, 0.6) is 0 Å². The topological polar surface area (TPSA) is 59.7 Å². The molecular weight excluding hydrogens is 216 g/mol. The number of hydrogen-bond acceptors (Lipinski definition) is 4. The van der Waals surface area contributed by atoms with Crippen LogP contribution in [0.4, 0.5) is 0 Å². The van der Waals surface area contributed by atoms with Gasteiger partial charge in [0.15, 0.2) is 0 Å². The summed E-state index contributed by atoms with van der Waals surface area (Å²) in [6.45, 7) is 1.62. The minimum Gasteiger partial charge on any atom is -0.475 e. The summed E-state index contributed by atoms with van der Waals surface area (Å²) in [6.07, 6.45) is 1.07. The lowest BCUT2D eigenvalue weighted by Crippen LogP contribution is -2.00. The third-order valence-electron chi connectivity index (χ3n) is 2.22. The number of thioether (sulfide) groups is 1. The molecule has 1 saturated heterocycles. The molecule has 1 N–H and O–H groups in total. The van der Waals surface area contributed by atoms with Gasteiger partial charge in [-0.05, 0) is 18.6 Å². The van der Waals surface area contributed by atoms with E-state index in [0.29, 0.717) is 16.8 Å². The molecule has 1 atom stereocenters. The van der Waals surface area contributed by atoms with Gasteiger partial charge in [-0.15, -0.1) is 11.8 Å². The predicted molar refractivity (Wildman–Crippen MR) is 56.2 cm³/mol. The number of carboxylic acids is 1. The van der Waals surface area contributed by atoms with Gasteiger partial charge in [0, 0.05) is 11.9 Å². The van der Waals surface area contributed by atoms with Crippen LogP contribution in [-0.4, -0.2) is 29.5 Å². The molecule has 82 valence electrons. The van der Waals surface area contributed by atoms with Crippen molar-refractivity contribution < 1.29 is 19.1 Å². The van der Waals surface area contributed by atoms with Crippen molar-refractivity contribution in [1.29, 1.82) is 0 Å². The molecule has 1 aliphatic rings. The average molecular weight is 228 g/mol. The third kappa shape index (κ3) is 2.76. The fourth-order valence-corrected chi connectivity index (χ4v) is 2.43. The van der Waals surface area contributed by atoms with Gasteiger partial charge in [0.1, 0.15) is 5.76 Å². The normalized spacial score (nSPS) is 20.7. The largest absolute Gasteiger partial charge is 0.475 e. The summed E-state index contributed by atoms with van der Waals surface area (Å²) in [7, 11) is 0. The second-order valence-electron chi connectivity index (χ2n) is 3.37. The Morgan fingerprint density at radius 2 is 2.47 bits per heavy atom. The SMILES string of the molecule is O=C(O)c1ccc(CSC2CCOC2)o1. The van der Waals surface area contributed by atoms with E-state index < -0.39 is 5.97 Å². The predicted octanol–water partition coefficient (Wildman–Crippen LogP) is 2.00. The Kier molecular flexibility index (Phi) is 3.33. The van der Waals surface area contributed by atoms with Crippen molar-refractivity contribution in [3.63, 3.8) is 0 Å². The fourth-order valence-electron chi connectivity index (χ4n) is 1.41. The van der Waals surface area contributed by atoms with Crippen molar-refractivity contribution in [3.8, 4) is 0 Å². The summed E-state index contributed by atoms with van der Waals surface area (Å²) in [6, 6.07) is 3.20. The molecule has 0 spiro atoms. The van der Waals surface area contributed by atoms with E-state index in [4.69, 9.17) is 14.3 Å². The third-order valence-corrected chi connectivity index (χ3v) is 3.52. The van der Waals surface area contributed by atoms with Crippen LogP contribution < -0.4 is 0 Å². The van der Waals surface area contributed by atoms with Gasteiger partial charge >= 0.3 is 5.97 Å². The van der Waals surface area contributed by atoms with Gasteiger partial charge in [-0.2, -0.15) is 0 Å². The molecule has 1 aromatic heterocycles. The van der Waals surface area contributed by atoms with E-state index in [2.05, 4.69) is 0 Å². The molecule has 2 rings (SSSR count). The Bertz CT molecular complexity index is 341. The number of carbonyl (C=O) groups is 1. The van der Waals surface area contributed by atoms with Crippen molar-refractivity contribution in [1.82, 2.24) is 0 Å². The maximum atomic E-state index is 10.6. The van der Waals surface area contributed by atoms with E-state index in [1.807, 2.05) is 0 Å². The first-order valence-electron chi connectivity index (χ1n) is 4.77. The molecule has 1 aromatic rings. The van der Waals surface area contributed by atoms with E-state index in [0.717, 1.165) is 19.6 Å². The molecule has 0 saturated carbocycles. The molecule has 0 aliphatic carbocycles. The van der Waals surface area contributed by atoms with Crippen LogP contribution in [0.3, 0.4) is 0 Å². The Balaban J connectivity index is 1.84. The first-order chi connectivity index (χ1) is 7.25. The fraction of sp³-hybridized carbons (Fsp3) is 0.500. The summed E-state index contributed by atoms with van der Waals surface area (Å²) >= 11 is 1.75. The Labute approximate surface area is 91.6 Å². The highest BCUT2D eigenvalue weighted by atomic mass is 32.2. The molecule has 15 heavy (non-hydrogen) atoms. The Hall–Kier alpha value is -0.940. The Morgan fingerprint density at radius 1 is 1.60 bits per heavy atom. The maximum absolute atomic E-state index is 10.6. The zero-order valence-corrected chi connectivity index (χ0v) is 8.96. The van der Waals surface area contributed by atoms with Crippen LogP contribution in [0.25, 0.3) is 0 Å². The second-order valence-corrected chi connectivity index (χ2v) is 4.66. The molecule has 2 heterocycles. The molecule has 1 aliphatic heterocycles. The highest BCUT2D eigenvalue weighted by Gasteiger charge is 2.17. The van der Waals surface area contributed by atoms with Crippen molar-refractivity contribution in [2.24, 2.45) is 0 Å². The summed E-state index contributed by atoms with van der Waals surface area (Å²) in [5.74, 6) is 0.412. The number of carboxylic acid groups (broad SMARTS) is 1. The standard InChI is InChI=1S/C10H12O4S/c11-10(12)9-2-1-7(14-9)6-15-8-3-4-13-5-8/h1-2,8H,3-6H2,(H,11,12). The molecule has 1 fully saturated rings. The minimum absolute atomic E-state index is 0.00766. The number of aromatic carboxylic acids is 1. The van der Waals surface area contributed by atoms with E-state index in [9.17, 15) is 4.79 Å². The lowest BCUT2D eigenvalue weighted by molar-refractivity contribution is 0.0661. The van der Waals surface area contributed by atoms with Gasteiger partial charge in [-0.3, -0.25) is 0 Å².